The number of benzene rings is 1. The van der Waals surface area contributed by atoms with Gasteiger partial charge in [-0.2, -0.15) is 0 Å². The fraction of sp³-hybridized carbons (Fsp3) is 0.462. The minimum absolute atomic E-state index is 0.0118. The molecule has 0 aromatic heterocycles. The van der Waals surface area contributed by atoms with E-state index in [1.54, 1.807) is 11.8 Å². The Hall–Kier alpha value is -0.960. The predicted octanol–water partition coefficient (Wildman–Crippen LogP) is 3.04. The van der Waals surface area contributed by atoms with Crippen LogP contribution in [0.4, 0.5) is 0 Å². The van der Waals surface area contributed by atoms with Crippen LogP contribution in [-0.2, 0) is 4.79 Å². The maximum atomic E-state index is 12.0. The highest BCUT2D eigenvalue weighted by atomic mass is 32.2. The smallest absolute Gasteiger partial charge is 0.235 e. The molecule has 0 spiro atoms. The van der Waals surface area contributed by atoms with Gasteiger partial charge in [0.05, 0.1) is 5.25 Å². The molecule has 0 fully saturated rings. The molecule has 0 aliphatic carbocycles. The third-order valence-corrected chi connectivity index (χ3v) is 3.58. The van der Waals surface area contributed by atoms with E-state index < -0.39 is 0 Å². The Morgan fingerprint density at radius 2 is 1.81 bits per heavy atom. The summed E-state index contributed by atoms with van der Waals surface area (Å²) in [6.45, 7) is 7.57. The van der Waals surface area contributed by atoms with Gasteiger partial charge in [0.15, 0.2) is 0 Å². The molecule has 1 atom stereocenters. The summed E-state index contributed by atoms with van der Waals surface area (Å²) >= 11 is 1.62. The van der Waals surface area contributed by atoms with Crippen molar-refractivity contribution in [3.63, 3.8) is 0 Å². The number of hydrogen-bond acceptors (Lipinski definition) is 2. The van der Waals surface area contributed by atoms with Crippen molar-refractivity contribution in [1.29, 1.82) is 0 Å². The maximum absolute atomic E-state index is 12.0. The van der Waals surface area contributed by atoms with E-state index in [2.05, 4.69) is 0 Å². The Morgan fingerprint density at radius 1 is 1.25 bits per heavy atom. The first-order valence-corrected chi connectivity index (χ1v) is 6.57. The van der Waals surface area contributed by atoms with Crippen molar-refractivity contribution in [2.24, 2.45) is 0 Å². The maximum Gasteiger partial charge on any atom is 0.235 e. The SMILES string of the molecule is CCN(CC)C(=O)[C@H](C)Sc1ccccc1. The van der Waals surface area contributed by atoms with Crippen molar-refractivity contribution in [1.82, 2.24) is 4.90 Å². The van der Waals surface area contributed by atoms with E-state index in [-0.39, 0.29) is 11.2 Å². The zero-order valence-electron chi connectivity index (χ0n) is 10.1. The van der Waals surface area contributed by atoms with Crippen molar-refractivity contribution in [3.8, 4) is 0 Å². The fourth-order valence-corrected chi connectivity index (χ4v) is 2.52. The number of hydrogen-bond donors (Lipinski definition) is 0. The molecule has 0 radical (unpaired) electrons. The van der Waals surface area contributed by atoms with E-state index in [1.807, 2.05) is 56.0 Å². The van der Waals surface area contributed by atoms with Gasteiger partial charge < -0.3 is 4.90 Å². The summed E-state index contributed by atoms with van der Waals surface area (Å²) in [5.74, 6) is 0.221. The Morgan fingerprint density at radius 3 is 2.31 bits per heavy atom. The van der Waals surface area contributed by atoms with Gasteiger partial charge in [-0.3, -0.25) is 4.79 Å². The zero-order valence-corrected chi connectivity index (χ0v) is 11.0. The van der Waals surface area contributed by atoms with Crippen LogP contribution < -0.4 is 0 Å². The molecule has 0 saturated heterocycles. The number of amides is 1. The highest BCUT2D eigenvalue weighted by Gasteiger charge is 2.18. The molecule has 16 heavy (non-hydrogen) atoms. The molecule has 0 unspecified atom stereocenters. The van der Waals surface area contributed by atoms with Gasteiger partial charge in [-0.15, -0.1) is 11.8 Å². The fourth-order valence-electron chi connectivity index (χ4n) is 1.55. The van der Waals surface area contributed by atoms with E-state index in [0.29, 0.717) is 0 Å². The van der Waals surface area contributed by atoms with E-state index in [1.165, 1.54) is 0 Å². The van der Waals surface area contributed by atoms with Gasteiger partial charge >= 0.3 is 0 Å². The molecular weight excluding hydrogens is 218 g/mol. The third kappa shape index (κ3) is 3.56. The Labute approximate surface area is 102 Å². The first-order chi connectivity index (χ1) is 7.69. The Balaban J connectivity index is 2.58. The summed E-state index contributed by atoms with van der Waals surface area (Å²) in [6, 6.07) is 10.1. The lowest BCUT2D eigenvalue weighted by Crippen LogP contribution is -2.36. The zero-order chi connectivity index (χ0) is 12.0. The highest BCUT2D eigenvalue weighted by Crippen LogP contribution is 2.23. The van der Waals surface area contributed by atoms with Gasteiger partial charge in [-0.1, -0.05) is 18.2 Å². The van der Waals surface area contributed by atoms with Crippen LogP contribution in [0, 0.1) is 0 Å². The summed E-state index contributed by atoms with van der Waals surface area (Å²) in [5, 5.41) is -0.0118. The average molecular weight is 237 g/mol. The Kier molecular flexibility index (Phi) is 5.39. The molecular formula is C13H19NOS. The average Bonchev–Trinajstić information content (AvgIpc) is 2.31. The molecule has 1 amide bonds. The molecule has 0 bridgehead atoms. The number of carbonyl (C=O) groups excluding carboxylic acids is 1. The quantitative estimate of drug-likeness (QED) is 0.734. The number of rotatable bonds is 5. The number of carbonyl (C=O) groups is 1. The molecule has 0 aliphatic heterocycles. The van der Waals surface area contributed by atoms with Crippen LogP contribution in [0.2, 0.25) is 0 Å². The number of thioether (sulfide) groups is 1. The lowest BCUT2D eigenvalue weighted by molar-refractivity contribution is -0.129. The molecule has 1 rings (SSSR count). The minimum Gasteiger partial charge on any atom is -0.342 e. The third-order valence-electron chi connectivity index (χ3n) is 2.48. The van der Waals surface area contributed by atoms with Crippen LogP contribution in [-0.4, -0.2) is 29.1 Å². The van der Waals surface area contributed by atoms with Crippen molar-refractivity contribution >= 4 is 17.7 Å². The van der Waals surface area contributed by atoms with E-state index >= 15 is 0 Å². The van der Waals surface area contributed by atoms with E-state index in [9.17, 15) is 4.79 Å². The molecule has 1 aromatic carbocycles. The number of nitrogens with zero attached hydrogens (tertiary/aromatic N) is 1. The summed E-state index contributed by atoms with van der Waals surface area (Å²) in [6.07, 6.45) is 0. The lowest BCUT2D eigenvalue weighted by Gasteiger charge is -2.22. The molecule has 1 aromatic rings. The first kappa shape index (κ1) is 13.1. The van der Waals surface area contributed by atoms with Gasteiger partial charge in [0.1, 0.15) is 0 Å². The van der Waals surface area contributed by atoms with Gasteiger partial charge in [0, 0.05) is 18.0 Å². The predicted molar refractivity (Wildman–Crippen MR) is 69.7 cm³/mol. The van der Waals surface area contributed by atoms with Gasteiger partial charge in [0.2, 0.25) is 5.91 Å². The van der Waals surface area contributed by atoms with Crippen molar-refractivity contribution in [3.05, 3.63) is 30.3 Å². The van der Waals surface area contributed by atoms with Crippen LogP contribution in [0.5, 0.6) is 0 Å². The van der Waals surface area contributed by atoms with Crippen LogP contribution in [0.3, 0.4) is 0 Å². The van der Waals surface area contributed by atoms with Crippen LogP contribution in [0.1, 0.15) is 20.8 Å². The molecule has 88 valence electrons. The largest absolute Gasteiger partial charge is 0.342 e. The first-order valence-electron chi connectivity index (χ1n) is 5.69. The lowest BCUT2D eigenvalue weighted by atomic mass is 10.4. The second-order valence-corrected chi connectivity index (χ2v) is 5.00. The highest BCUT2D eigenvalue weighted by molar-refractivity contribution is 8.00. The van der Waals surface area contributed by atoms with E-state index in [0.717, 1.165) is 18.0 Å². The monoisotopic (exact) mass is 237 g/mol. The van der Waals surface area contributed by atoms with Crippen molar-refractivity contribution in [2.75, 3.05) is 13.1 Å². The summed E-state index contributed by atoms with van der Waals surface area (Å²) in [4.78, 5) is 15.0. The van der Waals surface area contributed by atoms with Crippen LogP contribution >= 0.6 is 11.8 Å². The van der Waals surface area contributed by atoms with Gasteiger partial charge in [-0.05, 0) is 32.9 Å². The van der Waals surface area contributed by atoms with Crippen molar-refractivity contribution in [2.45, 2.75) is 30.9 Å². The van der Waals surface area contributed by atoms with Crippen LogP contribution in [0.25, 0.3) is 0 Å². The standard InChI is InChI=1S/C13H19NOS/c1-4-14(5-2)13(15)11(3)16-12-9-7-6-8-10-12/h6-11H,4-5H2,1-3H3/t11-/m0/s1. The molecule has 0 heterocycles. The summed E-state index contributed by atoms with van der Waals surface area (Å²) < 4.78 is 0. The summed E-state index contributed by atoms with van der Waals surface area (Å²) in [7, 11) is 0. The molecule has 0 aliphatic rings. The molecule has 0 saturated carbocycles. The van der Waals surface area contributed by atoms with Gasteiger partial charge in [-0.25, -0.2) is 0 Å². The molecule has 3 heteroatoms. The van der Waals surface area contributed by atoms with Crippen molar-refractivity contribution < 1.29 is 4.79 Å². The Bertz CT molecular complexity index is 322. The normalized spacial score (nSPS) is 12.2. The minimum atomic E-state index is -0.0118. The second-order valence-electron chi connectivity index (χ2n) is 3.58. The second kappa shape index (κ2) is 6.59. The molecule has 0 N–H and O–H groups in total. The van der Waals surface area contributed by atoms with Gasteiger partial charge in [0.25, 0.3) is 0 Å². The van der Waals surface area contributed by atoms with Crippen LogP contribution in [0.15, 0.2) is 35.2 Å². The van der Waals surface area contributed by atoms with E-state index in [4.69, 9.17) is 0 Å². The molecule has 2 nitrogen and oxygen atoms in total. The summed E-state index contributed by atoms with van der Waals surface area (Å²) in [5.41, 5.74) is 0. The topological polar surface area (TPSA) is 20.3 Å².